The number of hydrogen-bond donors (Lipinski definition) is 2. The summed E-state index contributed by atoms with van der Waals surface area (Å²) >= 11 is 0. The molecule has 29 heavy (non-hydrogen) atoms. The number of rotatable bonds is 5. The summed E-state index contributed by atoms with van der Waals surface area (Å²) in [5.41, 5.74) is 1.75. The zero-order valence-corrected chi connectivity index (χ0v) is 16.1. The highest BCUT2D eigenvalue weighted by atomic mass is 19.1. The van der Waals surface area contributed by atoms with Gasteiger partial charge >= 0.3 is 0 Å². The number of aromatic nitrogens is 4. The van der Waals surface area contributed by atoms with Crippen LogP contribution < -0.4 is 15.4 Å². The number of halogens is 2. The number of nitrogens with zero attached hydrogens (tertiary/aromatic N) is 4. The Balaban J connectivity index is 1.57. The lowest BCUT2D eigenvalue weighted by Crippen LogP contribution is -2.38. The van der Waals surface area contributed by atoms with Crippen molar-refractivity contribution in [3.8, 4) is 17.1 Å². The van der Waals surface area contributed by atoms with Gasteiger partial charge < -0.3 is 15.4 Å². The molecule has 1 unspecified atom stereocenters. The van der Waals surface area contributed by atoms with Gasteiger partial charge in [-0.05, 0) is 32.2 Å². The highest BCUT2D eigenvalue weighted by Crippen LogP contribution is 2.43. The fourth-order valence-corrected chi connectivity index (χ4v) is 3.79. The minimum absolute atomic E-state index is 0.0181. The predicted molar refractivity (Wildman–Crippen MR) is 104 cm³/mol. The largest absolute Gasteiger partial charge is 0.495 e. The number of fused-ring (bicyclic) bond motifs is 1. The van der Waals surface area contributed by atoms with E-state index in [9.17, 15) is 8.78 Å². The molecule has 0 spiro atoms. The van der Waals surface area contributed by atoms with E-state index in [1.54, 1.807) is 17.7 Å². The van der Waals surface area contributed by atoms with Gasteiger partial charge in [-0.3, -0.25) is 0 Å². The molecule has 5 rings (SSSR count). The van der Waals surface area contributed by atoms with Gasteiger partial charge in [0.25, 0.3) is 0 Å². The maximum Gasteiger partial charge on any atom is 0.168 e. The van der Waals surface area contributed by atoms with Crippen LogP contribution in [-0.4, -0.2) is 45.8 Å². The van der Waals surface area contributed by atoms with Crippen LogP contribution in [0, 0.1) is 11.6 Å². The van der Waals surface area contributed by atoms with Crippen LogP contribution in [0.15, 0.2) is 18.3 Å². The van der Waals surface area contributed by atoms with Crippen molar-refractivity contribution in [3.05, 3.63) is 35.7 Å². The lowest BCUT2D eigenvalue weighted by Gasteiger charge is -2.24. The van der Waals surface area contributed by atoms with Crippen molar-refractivity contribution in [1.29, 1.82) is 0 Å². The number of nitrogens with one attached hydrogen (secondary N) is 2. The summed E-state index contributed by atoms with van der Waals surface area (Å²) in [4.78, 5) is 8.59. The van der Waals surface area contributed by atoms with E-state index in [0.29, 0.717) is 23.0 Å². The van der Waals surface area contributed by atoms with Crippen molar-refractivity contribution in [1.82, 2.24) is 24.9 Å². The summed E-state index contributed by atoms with van der Waals surface area (Å²) in [5, 5.41) is 11.0. The Morgan fingerprint density at radius 1 is 1.21 bits per heavy atom. The predicted octanol–water partition coefficient (Wildman–Crippen LogP) is 3.12. The highest BCUT2D eigenvalue weighted by Gasteiger charge is 2.30. The van der Waals surface area contributed by atoms with Gasteiger partial charge in [0, 0.05) is 30.6 Å². The second kappa shape index (κ2) is 7.22. The van der Waals surface area contributed by atoms with Gasteiger partial charge in [-0.1, -0.05) is 0 Å². The minimum Gasteiger partial charge on any atom is -0.495 e. The zero-order chi connectivity index (χ0) is 20.0. The first-order valence-corrected chi connectivity index (χ1v) is 9.90. The van der Waals surface area contributed by atoms with Crippen molar-refractivity contribution < 1.29 is 13.5 Å². The van der Waals surface area contributed by atoms with Crippen LogP contribution >= 0.6 is 0 Å². The standard InChI is InChI=1S/C20H22F2N6O/c1-29-16-8-17-24-10-15(28(17)27-18(16)11-4-5-11)19-13(21)7-14(22)20(26-19)25-12-3-2-6-23-9-12/h7-8,10-12,23H,2-6,9H2,1H3,(H,25,26). The van der Waals surface area contributed by atoms with Crippen molar-refractivity contribution in [2.75, 3.05) is 25.5 Å². The number of methoxy groups -OCH3 is 1. The van der Waals surface area contributed by atoms with Gasteiger partial charge in [-0.15, -0.1) is 0 Å². The van der Waals surface area contributed by atoms with Crippen LogP contribution in [0.25, 0.3) is 17.0 Å². The molecular weight excluding hydrogens is 378 g/mol. The van der Waals surface area contributed by atoms with E-state index in [2.05, 4.69) is 25.7 Å². The Bertz CT molecular complexity index is 1060. The average Bonchev–Trinajstić information content (AvgIpc) is 3.50. The molecule has 2 fully saturated rings. The lowest BCUT2D eigenvalue weighted by molar-refractivity contribution is 0.405. The molecule has 0 aromatic carbocycles. The average molecular weight is 400 g/mol. The molecule has 1 atom stereocenters. The molecule has 2 N–H and O–H groups in total. The molecule has 0 bridgehead atoms. The maximum absolute atomic E-state index is 14.7. The summed E-state index contributed by atoms with van der Waals surface area (Å²) in [5.74, 6) is -0.398. The summed E-state index contributed by atoms with van der Waals surface area (Å²) in [6, 6.07) is 2.71. The van der Waals surface area contributed by atoms with Gasteiger partial charge in [-0.25, -0.2) is 23.3 Å². The van der Waals surface area contributed by atoms with E-state index in [1.807, 2.05) is 0 Å². The van der Waals surface area contributed by atoms with Gasteiger partial charge in [0.05, 0.1) is 13.3 Å². The van der Waals surface area contributed by atoms with E-state index >= 15 is 0 Å². The number of pyridine rings is 1. The van der Waals surface area contributed by atoms with Gasteiger partial charge in [0.2, 0.25) is 0 Å². The third kappa shape index (κ3) is 3.39. The summed E-state index contributed by atoms with van der Waals surface area (Å²) in [6.45, 7) is 1.67. The van der Waals surface area contributed by atoms with Crippen molar-refractivity contribution in [2.24, 2.45) is 0 Å². The Hall–Kier alpha value is -2.81. The topological polar surface area (TPSA) is 76.4 Å². The molecule has 3 aromatic heterocycles. The van der Waals surface area contributed by atoms with E-state index in [4.69, 9.17) is 4.74 Å². The van der Waals surface area contributed by atoms with Crippen molar-refractivity contribution >= 4 is 11.5 Å². The summed E-state index contributed by atoms with van der Waals surface area (Å²) in [6.07, 6.45) is 5.50. The second-order valence-electron chi connectivity index (χ2n) is 7.62. The summed E-state index contributed by atoms with van der Waals surface area (Å²) in [7, 11) is 1.60. The van der Waals surface area contributed by atoms with Crippen LogP contribution in [0.1, 0.15) is 37.3 Å². The third-order valence-corrected chi connectivity index (χ3v) is 5.48. The molecule has 1 saturated carbocycles. The fourth-order valence-electron chi connectivity index (χ4n) is 3.79. The molecule has 2 aliphatic rings. The minimum atomic E-state index is -0.748. The van der Waals surface area contributed by atoms with Crippen LogP contribution in [-0.2, 0) is 0 Å². The van der Waals surface area contributed by atoms with Crippen LogP contribution in [0.4, 0.5) is 14.6 Å². The van der Waals surface area contributed by atoms with Gasteiger partial charge in [0.1, 0.15) is 22.8 Å². The van der Waals surface area contributed by atoms with E-state index in [0.717, 1.165) is 50.5 Å². The first-order valence-electron chi connectivity index (χ1n) is 9.90. The smallest absolute Gasteiger partial charge is 0.168 e. The first-order chi connectivity index (χ1) is 14.1. The van der Waals surface area contributed by atoms with Crippen LogP contribution in [0.5, 0.6) is 5.75 Å². The van der Waals surface area contributed by atoms with E-state index < -0.39 is 11.6 Å². The van der Waals surface area contributed by atoms with Crippen LogP contribution in [0.2, 0.25) is 0 Å². The molecule has 3 aromatic rings. The highest BCUT2D eigenvalue weighted by molar-refractivity contribution is 5.63. The van der Waals surface area contributed by atoms with Gasteiger partial charge in [-0.2, -0.15) is 5.10 Å². The maximum atomic E-state index is 14.7. The van der Waals surface area contributed by atoms with E-state index in [-0.39, 0.29) is 17.6 Å². The number of hydrogen-bond acceptors (Lipinski definition) is 6. The molecule has 9 heteroatoms. The number of piperidine rings is 1. The molecular formula is C20H22F2N6O. The zero-order valence-electron chi connectivity index (χ0n) is 16.1. The van der Waals surface area contributed by atoms with Crippen molar-refractivity contribution in [2.45, 2.75) is 37.6 Å². The number of ether oxygens (including phenoxy) is 1. The number of imidazole rings is 1. The molecule has 1 saturated heterocycles. The molecule has 152 valence electrons. The van der Waals surface area contributed by atoms with E-state index in [1.165, 1.54) is 6.20 Å². The fraction of sp³-hybridized carbons (Fsp3) is 0.450. The van der Waals surface area contributed by atoms with Crippen molar-refractivity contribution in [3.63, 3.8) is 0 Å². The number of anilines is 1. The molecule has 0 amide bonds. The quantitative estimate of drug-likeness (QED) is 0.685. The third-order valence-electron chi connectivity index (χ3n) is 5.48. The first kappa shape index (κ1) is 18.2. The van der Waals surface area contributed by atoms with Gasteiger partial charge in [0.15, 0.2) is 23.1 Å². The monoisotopic (exact) mass is 400 g/mol. The molecule has 1 aliphatic carbocycles. The molecule has 1 aliphatic heterocycles. The molecule has 0 radical (unpaired) electrons. The Morgan fingerprint density at radius 2 is 2.07 bits per heavy atom. The second-order valence-corrected chi connectivity index (χ2v) is 7.62. The Morgan fingerprint density at radius 3 is 2.79 bits per heavy atom. The van der Waals surface area contributed by atoms with Crippen LogP contribution in [0.3, 0.4) is 0 Å². The normalized spacial score (nSPS) is 19.5. The molecule has 7 nitrogen and oxygen atoms in total. The lowest BCUT2D eigenvalue weighted by atomic mass is 10.1. The Labute approximate surface area is 166 Å². The SMILES string of the molecule is COc1cc2ncc(-c3nc(NC4CCCNC4)c(F)cc3F)n2nc1C1CC1. The summed E-state index contributed by atoms with van der Waals surface area (Å²) < 4.78 is 36.1. The molecule has 4 heterocycles. The Kier molecular flexibility index (Phi) is 4.54.